The fourth-order valence-corrected chi connectivity index (χ4v) is 4.91. The van der Waals surface area contributed by atoms with Crippen LogP contribution in [0.5, 0.6) is 5.75 Å². The van der Waals surface area contributed by atoms with Crippen molar-refractivity contribution in [2.75, 3.05) is 12.4 Å². The SMILES string of the molecule is COc1ccc(-c2csc(NC(=O)C3CC4CCCC(C3)C4=O)n2)cc1F. The molecule has 2 aliphatic rings. The number of carbonyl (C=O) groups is 2. The van der Waals surface area contributed by atoms with E-state index in [0.29, 0.717) is 35.0 Å². The lowest BCUT2D eigenvalue weighted by atomic mass is 9.67. The van der Waals surface area contributed by atoms with E-state index in [1.165, 1.54) is 24.5 Å². The van der Waals surface area contributed by atoms with Crippen LogP contribution in [-0.4, -0.2) is 23.8 Å². The van der Waals surface area contributed by atoms with Gasteiger partial charge in [0.2, 0.25) is 5.91 Å². The molecule has 1 amide bonds. The number of amides is 1. The van der Waals surface area contributed by atoms with Crippen LogP contribution in [0.2, 0.25) is 0 Å². The van der Waals surface area contributed by atoms with Crippen molar-refractivity contribution in [1.29, 1.82) is 0 Å². The molecule has 2 atom stereocenters. The molecule has 1 aromatic heterocycles. The van der Waals surface area contributed by atoms with Crippen molar-refractivity contribution in [3.05, 3.63) is 29.4 Å². The van der Waals surface area contributed by atoms with E-state index in [2.05, 4.69) is 10.3 Å². The summed E-state index contributed by atoms with van der Waals surface area (Å²) in [6, 6.07) is 4.66. The number of benzene rings is 1. The number of methoxy groups -OCH3 is 1. The van der Waals surface area contributed by atoms with Crippen molar-refractivity contribution < 1.29 is 18.7 Å². The van der Waals surface area contributed by atoms with Gasteiger partial charge in [0.25, 0.3) is 0 Å². The number of halogens is 1. The van der Waals surface area contributed by atoms with E-state index in [9.17, 15) is 14.0 Å². The van der Waals surface area contributed by atoms with Crippen LogP contribution in [0.25, 0.3) is 11.3 Å². The molecule has 2 fully saturated rings. The zero-order valence-corrected chi connectivity index (χ0v) is 15.9. The van der Waals surface area contributed by atoms with Gasteiger partial charge >= 0.3 is 0 Å². The highest BCUT2D eigenvalue weighted by atomic mass is 32.1. The molecule has 2 aromatic rings. The molecule has 0 aliphatic heterocycles. The maximum absolute atomic E-state index is 13.9. The molecule has 27 heavy (non-hydrogen) atoms. The molecule has 2 saturated carbocycles. The first-order valence-electron chi connectivity index (χ1n) is 9.19. The number of hydrogen-bond acceptors (Lipinski definition) is 5. The summed E-state index contributed by atoms with van der Waals surface area (Å²) in [4.78, 5) is 29.3. The summed E-state index contributed by atoms with van der Waals surface area (Å²) in [5, 5.41) is 5.16. The van der Waals surface area contributed by atoms with Crippen molar-refractivity contribution in [3.8, 4) is 17.0 Å². The Morgan fingerprint density at radius 2 is 2.04 bits per heavy atom. The predicted octanol–water partition coefficient (Wildman–Crippen LogP) is 4.29. The molecule has 1 aromatic carbocycles. The fraction of sp³-hybridized carbons (Fsp3) is 0.450. The lowest BCUT2D eigenvalue weighted by molar-refractivity contribution is -0.136. The molecule has 1 N–H and O–H groups in total. The summed E-state index contributed by atoms with van der Waals surface area (Å²) in [5.41, 5.74) is 1.23. The zero-order chi connectivity index (χ0) is 19.0. The Kier molecular flexibility index (Phi) is 4.95. The lowest BCUT2D eigenvalue weighted by Crippen LogP contribution is -2.40. The number of aromatic nitrogens is 1. The third kappa shape index (κ3) is 3.60. The largest absolute Gasteiger partial charge is 0.494 e. The van der Waals surface area contributed by atoms with Crippen LogP contribution in [-0.2, 0) is 9.59 Å². The minimum Gasteiger partial charge on any atom is -0.494 e. The second kappa shape index (κ2) is 7.38. The smallest absolute Gasteiger partial charge is 0.229 e. The number of nitrogens with zero attached hydrogens (tertiary/aromatic N) is 1. The molecule has 4 rings (SSSR count). The van der Waals surface area contributed by atoms with Gasteiger partial charge in [0.1, 0.15) is 5.78 Å². The van der Waals surface area contributed by atoms with Gasteiger partial charge in [0.15, 0.2) is 16.7 Å². The summed E-state index contributed by atoms with van der Waals surface area (Å²) in [6.45, 7) is 0. The normalized spacial score (nSPS) is 24.5. The monoisotopic (exact) mass is 388 g/mol. The Morgan fingerprint density at radius 3 is 2.70 bits per heavy atom. The van der Waals surface area contributed by atoms with Gasteiger partial charge in [0, 0.05) is 28.7 Å². The van der Waals surface area contributed by atoms with Crippen LogP contribution in [0.1, 0.15) is 32.1 Å². The highest BCUT2D eigenvalue weighted by Crippen LogP contribution is 2.40. The number of thiazole rings is 1. The third-order valence-electron chi connectivity index (χ3n) is 5.60. The quantitative estimate of drug-likeness (QED) is 0.848. The number of hydrogen-bond donors (Lipinski definition) is 1. The summed E-state index contributed by atoms with van der Waals surface area (Å²) in [6.07, 6.45) is 4.18. The Hall–Kier alpha value is -2.28. The van der Waals surface area contributed by atoms with Gasteiger partial charge in [0.05, 0.1) is 12.8 Å². The van der Waals surface area contributed by atoms with E-state index in [1.54, 1.807) is 17.5 Å². The van der Waals surface area contributed by atoms with Crippen LogP contribution in [0.4, 0.5) is 9.52 Å². The number of ether oxygens (including phenoxy) is 1. The van der Waals surface area contributed by atoms with Crippen LogP contribution in [0.3, 0.4) is 0 Å². The third-order valence-corrected chi connectivity index (χ3v) is 6.36. The van der Waals surface area contributed by atoms with Crippen LogP contribution >= 0.6 is 11.3 Å². The molecule has 7 heteroatoms. The van der Waals surface area contributed by atoms with Gasteiger partial charge in [-0.25, -0.2) is 9.37 Å². The maximum Gasteiger partial charge on any atom is 0.229 e. The number of nitrogens with one attached hydrogen (secondary N) is 1. The maximum atomic E-state index is 13.9. The summed E-state index contributed by atoms with van der Waals surface area (Å²) in [5.74, 6) is -0.0370. The number of ketones is 1. The number of Topliss-reactive ketones (excluding diaryl/α,β-unsaturated/α-hetero) is 1. The minimum atomic E-state index is -0.452. The predicted molar refractivity (Wildman–Crippen MR) is 101 cm³/mol. The molecule has 2 bridgehead atoms. The molecule has 2 aliphatic carbocycles. The van der Waals surface area contributed by atoms with Crippen molar-refractivity contribution in [2.45, 2.75) is 32.1 Å². The molecule has 2 unspecified atom stereocenters. The van der Waals surface area contributed by atoms with Gasteiger partial charge in [-0.05, 0) is 43.9 Å². The number of fused-ring (bicyclic) bond motifs is 2. The van der Waals surface area contributed by atoms with E-state index < -0.39 is 5.82 Å². The molecule has 5 nitrogen and oxygen atoms in total. The lowest BCUT2D eigenvalue weighted by Gasteiger charge is -2.36. The van der Waals surface area contributed by atoms with Crippen molar-refractivity contribution >= 4 is 28.2 Å². The number of anilines is 1. The second-order valence-corrected chi connectivity index (χ2v) is 8.13. The zero-order valence-electron chi connectivity index (χ0n) is 15.0. The van der Waals surface area contributed by atoms with Crippen LogP contribution < -0.4 is 10.1 Å². The molecular weight excluding hydrogens is 367 g/mol. The Balaban J connectivity index is 1.44. The number of rotatable bonds is 4. The highest BCUT2D eigenvalue weighted by molar-refractivity contribution is 7.14. The number of carbonyl (C=O) groups excluding carboxylic acids is 2. The minimum absolute atomic E-state index is 0.0439. The van der Waals surface area contributed by atoms with Gasteiger partial charge in [-0.3, -0.25) is 9.59 Å². The van der Waals surface area contributed by atoms with Gasteiger partial charge < -0.3 is 10.1 Å². The van der Waals surface area contributed by atoms with E-state index in [0.717, 1.165) is 19.3 Å². The van der Waals surface area contributed by atoms with E-state index in [1.807, 2.05) is 0 Å². The van der Waals surface area contributed by atoms with Crippen molar-refractivity contribution in [3.63, 3.8) is 0 Å². The van der Waals surface area contributed by atoms with Gasteiger partial charge in [-0.1, -0.05) is 6.42 Å². The topological polar surface area (TPSA) is 68.3 Å². The molecule has 0 radical (unpaired) electrons. The Labute approximate surface area is 161 Å². The summed E-state index contributed by atoms with van der Waals surface area (Å²) in [7, 11) is 1.42. The van der Waals surface area contributed by atoms with Gasteiger partial charge in [-0.15, -0.1) is 11.3 Å². The first kappa shape index (κ1) is 18.1. The average Bonchev–Trinajstić information content (AvgIpc) is 3.09. The van der Waals surface area contributed by atoms with Crippen molar-refractivity contribution in [1.82, 2.24) is 4.98 Å². The van der Waals surface area contributed by atoms with E-state index >= 15 is 0 Å². The molecule has 0 spiro atoms. The summed E-state index contributed by atoms with van der Waals surface area (Å²) < 4.78 is 18.8. The van der Waals surface area contributed by atoms with Gasteiger partial charge in [-0.2, -0.15) is 0 Å². The first-order valence-corrected chi connectivity index (χ1v) is 10.1. The van der Waals surface area contributed by atoms with Crippen LogP contribution in [0.15, 0.2) is 23.6 Å². The fourth-order valence-electron chi connectivity index (χ4n) is 4.19. The molecule has 0 saturated heterocycles. The molecule has 1 heterocycles. The van der Waals surface area contributed by atoms with E-state index in [4.69, 9.17) is 4.74 Å². The average molecular weight is 388 g/mol. The standard InChI is InChI=1S/C20H21FN2O3S/c1-26-17-6-5-11(9-15(17)21)16-10-27-20(22-16)23-19(25)14-7-12-3-2-4-13(8-14)18(12)24/h5-6,9-10,12-14H,2-4,7-8H2,1H3,(H,22,23,25). The first-order chi connectivity index (χ1) is 13.0. The van der Waals surface area contributed by atoms with E-state index in [-0.39, 0.29) is 29.4 Å². The van der Waals surface area contributed by atoms with Crippen LogP contribution in [0, 0.1) is 23.6 Å². The Bertz CT molecular complexity index is 866. The Morgan fingerprint density at radius 1 is 1.30 bits per heavy atom. The second-order valence-electron chi connectivity index (χ2n) is 7.27. The molecule has 142 valence electrons. The van der Waals surface area contributed by atoms with Crippen molar-refractivity contribution in [2.24, 2.45) is 17.8 Å². The highest BCUT2D eigenvalue weighted by Gasteiger charge is 2.41. The summed E-state index contributed by atoms with van der Waals surface area (Å²) >= 11 is 1.31. The molecular formula is C20H21FN2O3S.